The molecule has 0 amide bonds. The van der Waals surface area contributed by atoms with Crippen molar-refractivity contribution in [2.24, 2.45) is 9.98 Å². The number of aliphatic imine (C=N–C) groups is 2. The normalized spacial score (nSPS) is 12.6. The third-order valence-corrected chi connectivity index (χ3v) is 7.29. The molecule has 4 aromatic carbocycles. The summed E-state index contributed by atoms with van der Waals surface area (Å²) >= 11 is 0. The molecule has 3 heterocycles. The van der Waals surface area contributed by atoms with Gasteiger partial charge < -0.3 is 5.32 Å². The highest BCUT2D eigenvalue weighted by molar-refractivity contribution is 6.16. The lowest BCUT2D eigenvalue weighted by Crippen LogP contribution is -2.36. The largest absolute Gasteiger partial charge is 0.324 e. The Balaban J connectivity index is 0.000000791. The van der Waals surface area contributed by atoms with Crippen LogP contribution in [0.1, 0.15) is 78.2 Å². The minimum atomic E-state index is -0.390. The first-order valence-electron chi connectivity index (χ1n) is 17.9. The number of benzene rings is 4. The van der Waals surface area contributed by atoms with E-state index in [9.17, 15) is 0 Å². The third-order valence-electron chi connectivity index (χ3n) is 7.29. The number of nitrogens with one attached hydrogen (secondary N) is 1. The van der Waals surface area contributed by atoms with Crippen LogP contribution < -0.4 is 5.32 Å². The second-order valence-electron chi connectivity index (χ2n) is 10.0. The van der Waals surface area contributed by atoms with E-state index in [1.807, 2.05) is 110 Å². The van der Waals surface area contributed by atoms with E-state index in [4.69, 9.17) is 9.98 Å². The molecular formula is C45H51N5. The van der Waals surface area contributed by atoms with Crippen molar-refractivity contribution in [1.29, 1.82) is 0 Å². The number of nitrogens with zero attached hydrogens (tertiary/aromatic N) is 4. The molecule has 1 unspecified atom stereocenters. The summed E-state index contributed by atoms with van der Waals surface area (Å²) < 4.78 is 0. The lowest BCUT2D eigenvalue weighted by Gasteiger charge is -2.22. The molecule has 7 rings (SSSR count). The molecule has 2 aromatic heterocycles. The molecule has 0 spiro atoms. The maximum absolute atomic E-state index is 5.06. The number of rotatable bonds is 6. The van der Waals surface area contributed by atoms with Gasteiger partial charge in [0.15, 0.2) is 6.17 Å². The molecule has 5 heteroatoms. The molecule has 0 saturated heterocycles. The summed E-state index contributed by atoms with van der Waals surface area (Å²) in [4.78, 5) is 19.1. The predicted molar refractivity (Wildman–Crippen MR) is 216 cm³/mol. The van der Waals surface area contributed by atoms with Gasteiger partial charge in [0, 0.05) is 34.6 Å². The van der Waals surface area contributed by atoms with Crippen LogP contribution in [0.15, 0.2) is 162 Å². The number of hydrogen-bond acceptors (Lipinski definition) is 5. The van der Waals surface area contributed by atoms with E-state index in [0.717, 1.165) is 56.4 Å². The van der Waals surface area contributed by atoms with Crippen molar-refractivity contribution in [3.8, 4) is 33.6 Å². The van der Waals surface area contributed by atoms with E-state index in [1.54, 1.807) is 0 Å². The van der Waals surface area contributed by atoms with E-state index in [2.05, 4.69) is 112 Å². The second-order valence-corrected chi connectivity index (χ2v) is 10.0. The lowest BCUT2D eigenvalue weighted by molar-refractivity contribution is 0.756. The van der Waals surface area contributed by atoms with Crippen LogP contribution in [0, 0.1) is 0 Å². The number of pyridine rings is 2. The van der Waals surface area contributed by atoms with Gasteiger partial charge in [0.05, 0.1) is 11.4 Å². The van der Waals surface area contributed by atoms with Gasteiger partial charge in [0.25, 0.3) is 0 Å². The Bertz CT molecular complexity index is 1750. The molecular weight excluding hydrogens is 611 g/mol. The zero-order valence-electron chi connectivity index (χ0n) is 30.8. The highest BCUT2D eigenvalue weighted by atomic mass is 15.2. The standard InChI is InChI=1S/C37H27N5.4C2H6/c1-2-8-26(9-3-1)27-12-18-30(19-13-27)35-40-36(31-20-14-28(15-21-31)33-10-4-6-24-38-33)42-37(41-35)32-22-16-29(17-23-32)34-11-5-7-25-39-34;4*1-2/h1-25,36H,(H,40,41,42);4*1-2H3. The van der Waals surface area contributed by atoms with Gasteiger partial charge in [-0.3, -0.25) is 9.97 Å². The molecule has 0 fully saturated rings. The van der Waals surface area contributed by atoms with Crippen molar-refractivity contribution in [2.45, 2.75) is 61.6 Å². The van der Waals surface area contributed by atoms with Crippen molar-refractivity contribution in [2.75, 3.05) is 0 Å². The van der Waals surface area contributed by atoms with Gasteiger partial charge in [-0.2, -0.15) is 0 Å². The summed E-state index contributed by atoms with van der Waals surface area (Å²) in [5.41, 5.74) is 9.34. The van der Waals surface area contributed by atoms with E-state index in [1.165, 1.54) is 5.56 Å². The minimum absolute atomic E-state index is 0.390. The third kappa shape index (κ3) is 10.2. The predicted octanol–water partition coefficient (Wildman–Crippen LogP) is 12.1. The first-order chi connectivity index (χ1) is 24.8. The van der Waals surface area contributed by atoms with Crippen molar-refractivity contribution < 1.29 is 0 Å². The number of amidine groups is 2. The first kappa shape index (κ1) is 38.8. The van der Waals surface area contributed by atoms with Gasteiger partial charge in [0.1, 0.15) is 11.7 Å². The summed E-state index contributed by atoms with van der Waals surface area (Å²) in [5, 5.41) is 3.52. The van der Waals surface area contributed by atoms with Crippen LogP contribution in [-0.4, -0.2) is 21.6 Å². The first-order valence-corrected chi connectivity index (χ1v) is 17.9. The van der Waals surface area contributed by atoms with Gasteiger partial charge in [-0.1, -0.05) is 171 Å². The Labute approximate surface area is 300 Å². The molecule has 5 nitrogen and oxygen atoms in total. The molecule has 1 aliphatic rings. The summed E-state index contributed by atoms with van der Waals surface area (Å²) in [6, 6.07) is 47.4. The molecule has 0 saturated carbocycles. The van der Waals surface area contributed by atoms with Gasteiger partial charge >= 0.3 is 0 Å². The molecule has 0 aliphatic carbocycles. The second kappa shape index (κ2) is 21.3. The summed E-state index contributed by atoms with van der Waals surface area (Å²) in [6.07, 6.45) is 3.23. The fourth-order valence-electron chi connectivity index (χ4n) is 5.04. The molecule has 1 N–H and O–H groups in total. The Morgan fingerprint density at radius 2 is 0.720 bits per heavy atom. The van der Waals surface area contributed by atoms with Crippen molar-refractivity contribution in [3.63, 3.8) is 0 Å². The van der Waals surface area contributed by atoms with Crippen molar-refractivity contribution in [3.05, 3.63) is 169 Å². The Morgan fingerprint density at radius 3 is 1.14 bits per heavy atom. The van der Waals surface area contributed by atoms with E-state index in [0.29, 0.717) is 0 Å². The van der Waals surface area contributed by atoms with Crippen LogP contribution in [0.4, 0.5) is 0 Å². The molecule has 50 heavy (non-hydrogen) atoms. The van der Waals surface area contributed by atoms with E-state index in [-0.39, 0.29) is 0 Å². The van der Waals surface area contributed by atoms with Crippen molar-refractivity contribution >= 4 is 11.7 Å². The highest BCUT2D eigenvalue weighted by Gasteiger charge is 2.21. The maximum Gasteiger partial charge on any atom is 0.169 e. The maximum atomic E-state index is 5.06. The summed E-state index contributed by atoms with van der Waals surface area (Å²) in [6.45, 7) is 16.0. The topological polar surface area (TPSA) is 62.5 Å². The van der Waals surface area contributed by atoms with E-state index >= 15 is 0 Å². The zero-order chi connectivity index (χ0) is 36.1. The summed E-state index contributed by atoms with van der Waals surface area (Å²) in [5.74, 6) is 1.56. The van der Waals surface area contributed by atoms with Gasteiger partial charge in [-0.25, -0.2) is 9.98 Å². The number of hydrogen-bond donors (Lipinski definition) is 1. The molecule has 256 valence electrons. The Kier molecular flexibility index (Phi) is 16.5. The van der Waals surface area contributed by atoms with Crippen LogP contribution in [-0.2, 0) is 0 Å². The van der Waals surface area contributed by atoms with Gasteiger partial charge in [0.2, 0.25) is 0 Å². The van der Waals surface area contributed by atoms with Crippen LogP contribution >= 0.6 is 0 Å². The van der Waals surface area contributed by atoms with Gasteiger partial charge in [-0.15, -0.1) is 0 Å². The summed E-state index contributed by atoms with van der Waals surface area (Å²) in [7, 11) is 0. The SMILES string of the molecule is CC.CC.CC.CC.c1ccc(-c2ccc(C3=NC(c4ccc(-c5ccccn5)cc4)N=C(c4ccc(-c5ccccn5)cc4)N3)cc2)cc1. The Hall–Kier alpha value is -5.68. The monoisotopic (exact) mass is 661 g/mol. The van der Waals surface area contributed by atoms with Crippen molar-refractivity contribution in [1.82, 2.24) is 15.3 Å². The molecule has 1 atom stereocenters. The van der Waals surface area contributed by atoms with Crippen LogP contribution in [0.2, 0.25) is 0 Å². The van der Waals surface area contributed by atoms with Crippen LogP contribution in [0.5, 0.6) is 0 Å². The zero-order valence-corrected chi connectivity index (χ0v) is 30.8. The lowest BCUT2D eigenvalue weighted by atomic mass is 10.0. The molecule has 6 aromatic rings. The quantitative estimate of drug-likeness (QED) is 0.193. The molecule has 1 aliphatic heterocycles. The average Bonchev–Trinajstić information content (AvgIpc) is 3.25. The minimum Gasteiger partial charge on any atom is -0.324 e. The van der Waals surface area contributed by atoms with E-state index < -0.39 is 6.17 Å². The van der Waals surface area contributed by atoms with Gasteiger partial charge in [-0.05, 0) is 41.0 Å². The van der Waals surface area contributed by atoms with Crippen LogP contribution in [0.3, 0.4) is 0 Å². The molecule has 0 bridgehead atoms. The fourth-order valence-corrected chi connectivity index (χ4v) is 5.04. The molecule has 0 radical (unpaired) electrons. The Morgan fingerprint density at radius 1 is 0.360 bits per heavy atom. The van der Waals surface area contributed by atoms with Crippen LogP contribution in [0.25, 0.3) is 33.6 Å². The highest BCUT2D eigenvalue weighted by Crippen LogP contribution is 2.28. The fraction of sp³-hybridized carbons (Fsp3) is 0.200. The smallest absolute Gasteiger partial charge is 0.169 e. The number of aromatic nitrogens is 2. The average molecular weight is 662 g/mol.